The summed E-state index contributed by atoms with van der Waals surface area (Å²) in [6.07, 6.45) is 3.28. The molecule has 1 aromatic carbocycles. The van der Waals surface area contributed by atoms with Gasteiger partial charge in [-0.25, -0.2) is 4.79 Å². The summed E-state index contributed by atoms with van der Waals surface area (Å²) in [7, 11) is 4.06. The number of likely N-dealkylation sites (N-methyl/N-ethyl adjacent to an activating group) is 1. The van der Waals surface area contributed by atoms with Crippen LogP contribution >= 0.6 is 0 Å². The first kappa shape index (κ1) is 18.7. The number of fused-ring (bicyclic) bond motifs is 1. The average Bonchev–Trinajstić information content (AvgIpc) is 3.01. The molecule has 0 bridgehead atoms. The van der Waals surface area contributed by atoms with E-state index in [2.05, 4.69) is 14.9 Å². The first-order valence-corrected chi connectivity index (χ1v) is 8.80. The minimum atomic E-state index is -1.44. The summed E-state index contributed by atoms with van der Waals surface area (Å²) >= 11 is 0. The maximum Gasteiger partial charge on any atom is 0.345 e. The number of nitrogens with zero attached hydrogens (tertiary/aromatic N) is 1. The summed E-state index contributed by atoms with van der Waals surface area (Å²) in [5.41, 5.74) is 2.25. The van der Waals surface area contributed by atoms with Gasteiger partial charge in [0.05, 0.1) is 5.69 Å². The van der Waals surface area contributed by atoms with Gasteiger partial charge in [0.15, 0.2) is 5.56 Å². The molecular weight excluding hydrogens is 346 g/mol. The largest absolute Gasteiger partial charge is 0.506 e. The van der Waals surface area contributed by atoms with Gasteiger partial charge < -0.3 is 25.1 Å². The van der Waals surface area contributed by atoms with Crippen molar-refractivity contribution in [2.75, 3.05) is 20.6 Å². The predicted molar refractivity (Wildman–Crippen MR) is 105 cm³/mol. The number of hydrogen-bond donors (Lipinski definition) is 4. The second-order valence-electron chi connectivity index (χ2n) is 6.82. The first-order valence-electron chi connectivity index (χ1n) is 8.80. The number of carbonyl (C=O) groups is 1. The van der Waals surface area contributed by atoms with Crippen LogP contribution in [0.25, 0.3) is 22.2 Å². The number of pyridine rings is 1. The van der Waals surface area contributed by atoms with E-state index < -0.39 is 22.8 Å². The molecular formula is C20H23N3O4. The van der Waals surface area contributed by atoms with Crippen LogP contribution in [0.15, 0.2) is 29.2 Å². The highest BCUT2D eigenvalue weighted by atomic mass is 16.4. The van der Waals surface area contributed by atoms with Crippen LogP contribution in [0.4, 0.5) is 0 Å². The fourth-order valence-corrected chi connectivity index (χ4v) is 3.31. The highest BCUT2D eigenvalue weighted by molar-refractivity contribution is 5.93. The second-order valence-corrected chi connectivity index (χ2v) is 6.82. The third kappa shape index (κ3) is 3.46. The third-order valence-electron chi connectivity index (χ3n) is 4.74. The molecule has 27 heavy (non-hydrogen) atoms. The zero-order chi connectivity index (χ0) is 19.7. The van der Waals surface area contributed by atoms with E-state index in [0.29, 0.717) is 23.2 Å². The molecule has 0 atom stereocenters. The number of nitrogens with one attached hydrogen (secondary N) is 2. The van der Waals surface area contributed by atoms with Crippen molar-refractivity contribution in [2.24, 2.45) is 0 Å². The van der Waals surface area contributed by atoms with Crippen LogP contribution in [0, 0.1) is 0 Å². The Labute approximate surface area is 156 Å². The fraction of sp³-hybridized carbons (Fsp3) is 0.300. The van der Waals surface area contributed by atoms with E-state index in [1.165, 1.54) is 5.56 Å². The summed E-state index contributed by atoms with van der Waals surface area (Å²) in [4.78, 5) is 31.4. The van der Waals surface area contributed by atoms with Crippen LogP contribution in [0.1, 0.15) is 28.4 Å². The molecule has 0 saturated heterocycles. The Morgan fingerprint density at radius 3 is 2.63 bits per heavy atom. The lowest BCUT2D eigenvalue weighted by atomic mass is 9.99. The van der Waals surface area contributed by atoms with Gasteiger partial charge in [0.25, 0.3) is 5.56 Å². The van der Waals surface area contributed by atoms with Crippen molar-refractivity contribution in [3.05, 3.63) is 51.4 Å². The number of H-pyrrole nitrogens is 2. The molecule has 7 heteroatoms. The van der Waals surface area contributed by atoms with Crippen molar-refractivity contribution in [3.8, 4) is 17.0 Å². The lowest BCUT2D eigenvalue weighted by molar-refractivity contribution is 0.0691. The molecule has 0 amide bonds. The van der Waals surface area contributed by atoms with Crippen LogP contribution in [0.2, 0.25) is 0 Å². The maximum absolute atomic E-state index is 12.2. The van der Waals surface area contributed by atoms with Crippen LogP contribution in [-0.2, 0) is 12.8 Å². The molecule has 0 saturated carbocycles. The van der Waals surface area contributed by atoms with Gasteiger partial charge in [-0.05, 0) is 38.6 Å². The van der Waals surface area contributed by atoms with Gasteiger partial charge in [-0.3, -0.25) is 4.79 Å². The number of rotatable bonds is 6. The highest BCUT2D eigenvalue weighted by Crippen LogP contribution is 2.32. The molecule has 7 nitrogen and oxygen atoms in total. The number of aromatic carboxylic acids is 1. The van der Waals surface area contributed by atoms with Gasteiger partial charge in [0.2, 0.25) is 0 Å². The maximum atomic E-state index is 12.2. The lowest BCUT2D eigenvalue weighted by Crippen LogP contribution is -2.20. The zero-order valence-electron chi connectivity index (χ0n) is 15.6. The minimum absolute atomic E-state index is 0.384. The average molecular weight is 369 g/mol. The summed E-state index contributed by atoms with van der Waals surface area (Å²) in [5.74, 6) is -1.91. The molecule has 142 valence electrons. The summed E-state index contributed by atoms with van der Waals surface area (Å²) < 4.78 is 0. The highest BCUT2D eigenvalue weighted by Gasteiger charge is 2.22. The van der Waals surface area contributed by atoms with Gasteiger partial charge in [-0.1, -0.05) is 19.1 Å². The smallest absolute Gasteiger partial charge is 0.345 e. The van der Waals surface area contributed by atoms with E-state index >= 15 is 0 Å². The van der Waals surface area contributed by atoms with Crippen molar-refractivity contribution < 1.29 is 15.0 Å². The number of carboxylic acid groups (broad SMARTS) is 1. The van der Waals surface area contributed by atoms with Crippen molar-refractivity contribution in [2.45, 2.75) is 19.8 Å². The van der Waals surface area contributed by atoms with E-state index in [4.69, 9.17) is 0 Å². The van der Waals surface area contributed by atoms with E-state index in [1.807, 2.05) is 38.5 Å². The van der Waals surface area contributed by atoms with Gasteiger partial charge in [-0.2, -0.15) is 0 Å². The number of hydrogen-bond acceptors (Lipinski definition) is 4. The van der Waals surface area contributed by atoms with Gasteiger partial charge in [0.1, 0.15) is 5.75 Å². The SMILES string of the molecule is CCc1c(-c2ccc3c(CCN(C)C)c[nH]c3c2)[nH]c(=O)c(C(=O)O)c1O. The quantitative estimate of drug-likeness (QED) is 0.534. The topological polar surface area (TPSA) is 109 Å². The van der Waals surface area contributed by atoms with Crippen LogP contribution in [-0.4, -0.2) is 51.7 Å². The van der Waals surface area contributed by atoms with Crippen molar-refractivity contribution in [3.63, 3.8) is 0 Å². The molecule has 0 aliphatic heterocycles. The summed E-state index contributed by atoms with van der Waals surface area (Å²) in [5, 5.41) is 20.6. The van der Waals surface area contributed by atoms with Crippen molar-refractivity contribution in [1.29, 1.82) is 0 Å². The summed E-state index contributed by atoms with van der Waals surface area (Å²) in [6, 6.07) is 5.75. The first-order chi connectivity index (χ1) is 12.8. The molecule has 2 aromatic heterocycles. The minimum Gasteiger partial charge on any atom is -0.506 e. The molecule has 0 fully saturated rings. The van der Waals surface area contributed by atoms with Crippen LogP contribution < -0.4 is 5.56 Å². The molecule has 0 aliphatic rings. The lowest BCUT2D eigenvalue weighted by Gasteiger charge is -2.12. The van der Waals surface area contributed by atoms with Crippen molar-refractivity contribution >= 4 is 16.9 Å². The molecule has 3 aromatic rings. The van der Waals surface area contributed by atoms with Crippen LogP contribution in [0.3, 0.4) is 0 Å². The number of aromatic hydroxyl groups is 1. The Morgan fingerprint density at radius 2 is 2.00 bits per heavy atom. The third-order valence-corrected chi connectivity index (χ3v) is 4.74. The van der Waals surface area contributed by atoms with Gasteiger partial charge >= 0.3 is 5.97 Å². The Kier molecular flexibility index (Phi) is 5.05. The fourth-order valence-electron chi connectivity index (χ4n) is 3.31. The standard InChI is InChI=1S/C20H23N3O4/c1-4-13-17(22-19(25)16(18(13)24)20(26)27)11-5-6-14-12(7-8-23(2)3)10-21-15(14)9-11/h5-6,9-10,21H,4,7-8H2,1-3H3,(H,26,27)(H2,22,24,25). The van der Waals surface area contributed by atoms with Crippen molar-refractivity contribution in [1.82, 2.24) is 14.9 Å². The molecule has 3 rings (SSSR count). The number of benzene rings is 1. The molecule has 0 aliphatic carbocycles. The Bertz CT molecular complexity index is 1060. The summed E-state index contributed by atoms with van der Waals surface area (Å²) in [6.45, 7) is 2.74. The Balaban J connectivity index is 2.10. The molecule has 4 N–H and O–H groups in total. The predicted octanol–water partition coefficient (Wildman–Crippen LogP) is 2.59. The monoisotopic (exact) mass is 369 g/mol. The normalized spacial score (nSPS) is 11.4. The number of carboxylic acids is 1. The van der Waals surface area contributed by atoms with E-state index in [-0.39, 0.29) is 0 Å². The second kappa shape index (κ2) is 7.28. The molecule has 2 heterocycles. The number of aromatic nitrogens is 2. The van der Waals surface area contributed by atoms with E-state index in [1.54, 1.807) is 6.92 Å². The van der Waals surface area contributed by atoms with E-state index in [0.717, 1.165) is 23.9 Å². The van der Waals surface area contributed by atoms with Gasteiger partial charge in [-0.15, -0.1) is 0 Å². The van der Waals surface area contributed by atoms with Crippen LogP contribution in [0.5, 0.6) is 5.75 Å². The Hall–Kier alpha value is -3.06. The number of aromatic amines is 2. The molecule has 0 spiro atoms. The van der Waals surface area contributed by atoms with Gasteiger partial charge in [0, 0.05) is 34.8 Å². The Morgan fingerprint density at radius 1 is 1.26 bits per heavy atom. The van der Waals surface area contributed by atoms with E-state index in [9.17, 15) is 19.8 Å². The molecule has 0 radical (unpaired) electrons. The zero-order valence-corrected chi connectivity index (χ0v) is 15.6. The molecule has 0 unspecified atom stereocenters.